The van der Waals surface area contributed by atoms with Crippen molar-refractivity contribution in [1.29, 1.82) is 0 Å². The van der Waals surface area contributed by atoms with E-state index >= 15 is 0 Å². The van der Waals surface area contributed by atoms with Crippen LogP contribution in [0, 0.1) is 0 Å². The predicted octanol–water partition coefficient (Wildman–Crippen LogP) is 3.77. The standard InChI is InChI=1S/C25H35F2N5O2/c1-31-23-17(7-6-8-18(23)22(30-31)19-10-11-21(33)29-24(19)34)20(9-4-2-3-5-14-28)32-15-12-25(26,27)13-16-32/h6-8,19-20H,2-5,9-16,28H2,1H3,(H,29,33,34). The Morgan fingerprint density at radius 3 is 2.62 bits per heavy atom. The second-order valence-corrected chi connectivity index (χ2v) is 9.66. The number of alkyl halides is 2. The van der Waals surface area contributed by atoms with E-state index in [2.05, 4.69) is 16.3 Å². The fraction of sp³-hybridized carbons (Fsp3) is 0.640. The summed E-state index contributed by atoms with van der Waals surface area (Å²) < 4.78 is 29.6. The Labute approximate surface area is 199 Å². The average Bonchev–Trinajstić information content (AvgIpc) is 3.13. The lowest BCUT2D eigenvalue weighted by molar-refractivity contribution is -0.134. The molecule has 2 atom stereocenters. The SMILES string of the molecule is Cn1nc(C2CCC(=O)NC2=O)c2cccc(C(CCCCCCN)N3CCC(F)(F)CC3)c21. The van der Waals surface area contributed by atoms with Gasteiger partial charge in [-0.1, -0.05) is 37.5 Å². The normalized spacial score (nSPS) is 22.2. The molecule has 0 saturated carbocycles. The molecule has 2 aliphatic rings. The van der Waals surface area contributed by atoms with E-state index in [0.717, 1.165) is 48.6 Å². The van der Waals surface area contributed by atoms with E-state index in [1.807, 2.05) is 23.9 Å². The lowest BCUT2D eigenvalue weighted by atomic mass is 9.90. The molecule has 2 aliphatic heterocycles. The first-order valence-electron chi connectivity index (χ1n) is 12.4. The van der Waals surface area contributed by atoms with Crippen LogP contribution in [0.5, 0.6) is 0 Å². The number of hydrogen-bond acceptors (Lipinski definition) is 5. The number of nitrogens with one attached hydrogen (secondary N) is 1. The molecule has 0 aliphatic carbocycles. The molecule has 9 heteroatoms. The number of benzene rings is 1. The van der Waals surface area contributed by atoms with E-state index in [0.29, 0.717) is 38.2 Å². The molecule has 0 spiro atoms. The molecule has 2 saturated heterocycles. The van der Waals surface area contributed by atoms with Gasteiger partial charge >= 0.3 is 0 Å². The molecule has 1 aromatic heterocycles. The molecule has 1 aromatic carbocycles. The number of likely N-dealkylation sites (tertiary alicyclic amines) is 1. The van der Waals surface area contributed by atoms with E-state index in [1.54, 1.807) is 0 Å². The quantitative estimate of drug-likeness (QED) is 0.425. The van der Waals surface area contributed by atoms with Crippen LogP contribution < -0.4 is 11.1 Å². The zero-order valence-corrected chi connectivity index (χ0v) is 19.9. The first-order valence-corrected chi connectivity index (χ1v) is 12.4. The molecule has 3 N–H and O–H groups in total. The van der Waals surface area contributed by atoms with Gasteiger partial charge in [-0.15, -0.1) is 0 Å². The topological polar surface area (TPSA) is 93.2 Å². The number of halogens is 2. The Morgan fingerprint density at radius 1 is 1.18 bits per heavy atom. The number of nitrogens with zero attached hydrogens (tertiary/aromatic N) is 3. The van der Waals surface area contributed by atoms with Crippen molar-refractivity contribution in [2.75, 3.05) is 19.6 Å². The Hall–Kier alpha value is -2.39. The number of carbonyl (C=O) groups is 2. The lowest BCUT2D eigenvalue weighted by Gasteiger charge is -2.38. The van der Waals surface area contributed by atoms with Crippen LogP contribution in [0.1, 0.15) is 81.0 Å². The summed E-state index contributed by atoms with van der Waals surface area (Å²) in [6.45, 7) is 1.39. The number of imide groups is 1. The van der Waals surface area contributed by atoms with Crippen molar-refractivity contribution >= 4 is 22.7 Å². The zero-order chi connectivity index (χ0) is 24.3. The fourth-order valence-electron chi connectivity index (χ4n) is 5.41. The van der Waals surface area contributed by atoms with Crippen molar-refractivity contribution in [3.63, 3.8) is 0 Å². The van der Waals surface area contributed by atoms with Gasteiger partial charge in [0.15, 0.2) is 0 Å². The number of aromatic nitrogens is 2. The molecule has 2 aromatic rings. The van der Waals surface area contributed by atoms with Gasteiger partial charge in [0.2, 0.25) is 11.8 Å². The lowest BCUT2D eigenvalue weighted by Crippen LogP contribution is -2.41. The van der Waals surface area contributed by atoms with Crippen LogP contribution in [0.4, 0.5) is 8.78 Å². The number of piperidine rings is 2. The Balaban J connectivity index is 1.66. The third-order valence-electron chi connectivity index (χ3n) is 7.25. The van der Waals surface area contributed by atoms with Crippen molar-refractivity contribution in [3.05, 3.63) is 29.5 Å². The maximum atomic E-state index is 13.9. The van der Waals surface area contributed by atoms with Crippen molar-refractivity contribution in [3.8, 4) is 0 Å². The van der Waals surface area contributed by atoms with Gasteiger partial charge in [-0.2, -0.15) is 5.10 Å². The maximum absolute atomic E-state index is 13.9. The number of para-hydroxylation sites is 1. The molecule has 0 radical (unpaired) electrons. The summed E-state index contributed by atoms with van der Waals surface area (Å²) in [4.78, 5) is 26.4. The largest absolute Gasteiger partial charge is 0.330 e. The highest BCUT2D eigenvalue weighted by molar-refractivity contribution is 6.02. The van der Waals surface area contributed by atoms with Gasteiger partial charge < -0.3 is 5.73 Å². The minimum Gasteiger partial charge on any atom is -0.330 e. The molecule has 4 rings (SSSR count). The number of aryl methyl sites for hydroxylation is 1. The van der Waals surface area contributed by atoms with Crippen LogP contribution in [-0.4, -0.2) is 52.1 Å². The molecule has 2 unspecified atom stereocenters. The molecular weight excluding hydrogens is 440 g/mol. The van der Waals surface area contributed by atoms with Crippen molar-refractivity contribution in [1.82, 2.24) is 20.0 Å². The maximum Gasteiger partial charge on any atom is 0.250 e. The number of rotatable bonds is 9. The highest BCUT2D eigenvalue weighted by Gasteiger charge is 2.38. The summed E-state index contributed by atoms with van der Waals surface area (Å²) in [6, 6.07) is 6.00. The number of carbonyl (C=O) groups excluding carboxylic acids is 2. The molecule has 0 bridgehead atoms. The summed E-state index contributed by atoms with van der Waals surface area (Å²) in [5.74, 6) is -3.63. The molecule has 186 valence electrons. The molecule has 34 heavy (non-hydrogen) atoms. The van der Waals surface area contributed by atoms with Gasteiger partial charge in [-0.05, 0) is 31.4 Å². The van der Waals surface area contributed by atoms with Gasteiger partial charge in [0, 0.05) is 50.8 Å². The van der Waals surface area contributed by atoms with Gasteiger partial charge in [-0.3, -0.25) is 24.5 Å². The van der Waals surface area contributed by atoms with Crippen LogP contribution in [0.2, 0.25) is 0 Å². The minimum absolute atomic E-state index is 0.00249. The molecular formula is C25H35F2N5O2. The van der Waals surface area contributed by atoms with E-state index in [-0.39, 0.29) is 30.7 Å². The molecule has 7 nitrogen and oxygen atoms in total. The summed E-state index contributed by atoms with van der Waals surface area (Å²) in [6.07, 6.45) is 5.46. The van der Waals surface area contributed by atoms with Gasteiger partial charge in [0.25, 0.3) is 5.92 Å². The van der Waals surface area contributed by atoms with Crippen molar-refractivity contribution < 1.29 is 18.4 Å². The molecule has 2 fully saturated rings. The highest BCUT2D eigenvalue weighted by atomic mass is 19.3. The molecule has 3 heterocycles. The Morgan fingerprint density at radius 2 is 1.91 bits per heavy atom. The number of fused-ring (bicyclic) bond motifs is 1. The summed E-state index contributed by atoms with van der Waals surface area (Å²) >= 11 is 0. The van der Waals surface area contributed by atoms with Crippen LogP contribution >= 0.6 is 0 Å². The van der Waals surface area contributed by atoms with Crippen LogP contribution in [0.25, 0.3) is 10.9 Å². The fourth-order valence-corrected chi connectivity index (χ4v) is 5.41. The minimum atomic E-state index is -2.60. The van der Waals surface area contributed by atoms with E-state index in [1.165, 1.54) is 0 Å². The van der Waals surface area contributed by atoms with Gasteiger partial charge in [0.1, 0.15) is 0 Å². The van der Waals surface area contributed by atoms with Gasteiger partial charge in [-0.25, -0.2) is 8.78 Å². The Bertz CT molecular complexity index is 1030. The monoisotopic (exact) mass is 475 g/mol. The van der Waals surface area contributed by atoms with E-state index in [4.69, 9.17) is 10.8 Å². The van der Waals surface area contributed by atoms with Crippen LogP contribution in [-0.2, 0) is 16.6 Å². The third-order valence-corrected chi connectivity index (χ3v) is 7.25. The summed E-state index contributed by atoms with van der Waals surface area (Å²) in [7, 11) is 1.86. The number of hydrogen-bond donors (Lipinski definition) is 2. The molecule has 2 amide bonds. The zero-order valence-electron chi connectivity index (χ0n) is 19.9. The van der Waals surface area contributed by atoms with E-state index in [9.17, 15) is 18.4 Å². The first-order chi connectivity index (χ1) is 16.3. The van der Waals surface area contributed by atoms with Crippen molar-refractivity contribution in [2.45, 2.75) is 75.7 Å². The average molecular weight is 476 g/mol. The van der Waals surface area contributed by atoms with Crippen LogP contribution in [0.15, 0.2) is 18.2 Å². The van der Waals surface area contributed by atoms with Crippen LogP contribution in [0.3, 0.4) is 0 Å². The van der Waals surface area contributed by atoms with Gasteiger partial charge in [0.05, 0.1) is 17.1 Å². The third kappa shape index (κ3) is 5.30. The van der Waals surface area contributed by atoms with Crippen molar-refractivity contribution in [2.24, 2.45) is 12.8 Å². The second-order valence-electron chi connectivity index (χ2n) is 9.66. The number of amides is 2. The predicted molar refractivity (Wildman–Crippen MR) is 126 cm³/mol. The summed E-state index contributed by atoms with van der Waals surface area (Å²) in [5.41, 5.74) is 8.31. The number of unbranched alkanes of at least 4 members (excludes halogenated alkanes) is 3. The number of nitrogens with two attached hydrogens (primary N) is 1. The Kier molecular flexibility index (Phi) is 7.62. The smallest absolute Gasteiger partial charge is 0.250 e. The first kappa shape index (κ1) is 24.7. The summed E-state index contributed by atoms with van der Waals surface area (Å²) in [5, 5.41) is 8.03. The van der Waals surface area contributed by atoms with E-state index < -0.39 is 11.8 Å². The second kappa shape index (κ2) is 10.5. The highest BCUT2D eigenvalue weighted by Crippen LogP contribution is 2.39.